The maximum atomic E-state index is 12.7. The van der Waals surface area contributed by atoms with E-state index in [4.69, 9.17) is 9.47 Å². The summed E-state index contributed by atoms with van der Waals surface area (Å²) in [4.78, 5) is 23.9. The molecule has 132 valence electrons. The smallest absolute Gasteiger partial charge is 0.264 e. The molecule has 0 radical (unpaired) electrons. The largest absolute Gasteiger partial charge is 0.496 e. The highest BCUT2D eigenvalue weighted by Crippen LogP contribution is 2.29. The van der Waals surface area contributed by atoms with Gasteiger partial charge in [-0.15, -0.1) is 0 Å². The Morgan fingerprint density at radius 2 is 1.69 bits per heavy atom. The van der Waals surface area contributed by atoms with Gasteiger partial charge in [0.2, 0.25) is 0 Å². The van der Waals surface area contributed by atoms with Gasteiger partial charge in [0.15, 0.2) is 0 Å². The molecule has 0 atom stereocenters. The number of ether oxygens (including phenoxy) is 2. The van der Waals surface area contributed by atoms with Gasteiger partial charge in [-0.2, -0.15) is 5.10 Å². The predicted molar refractivity (Wildman–Crippen MR) is 97.8 cm³/mol. The molecule has 3 rings (SSSR count). The Morgan fingerprint density at radius 1 is 1.00 bits per heavy atom. The van der Waals surface area contributed by atoms with E-state index in [0.29, 0.717) is 28.4 Å². The second-order valence-electron chi connectivity index (χ2n) is 5.38. The summed E-state index contributed by atoms with van der Waals surface area (Å²) in [5, 5.41) is 9.21. The fourth-order valence-corrected chi connectivity index (χ4v) is 2.53. The molecule has 0 saturated heterocycles. The standard InChI is InChI=1S/C19H17N3O4/c1-25-15-7-4-8-16(26-2)18(15)19(24)20-13-6-3-5-12(11-13)14-9-10-17(23)22-21-14/h3-11H,1-2H3,(H,20,24)(H,22,23). The summed E-state index contributed by atoms with van der Waals surface area (Å²) < 4.78 is 10.5. The summed E-state index contributed by atoms with van der Waals surface area (Å²) in [6.45, 7) is 0. The van der Waals surface area contributed by atoms with Gasteiger partial charge < -0.3 is 14.8 Å². The number of nitrogens with one attached hydrogen (secondary N) is 2. The summed E-state index contributed by atoms with van der Waals surface area (Å²) in [6.07, 6.45) is 0. The van der Waals surface area contributed by atoms with Crippen molar-refractivity contribution in [3.05, 3.63) is 70.5 Å². The molecule has 3 aromatic rings. The van der Waals surface area contributed by atoms with E-state index in [1.54, 1.807) is 42.5 Å². The third kappa shape index (κ3) is 3.56. The van der Waals surface area contributed by atoms with Gasteiger partial charge in [-0.3, -0.25) is 9.59 Å². The van der Waals surface area contributed by atoms with Crippen LogP contribution >= 0.6 is 0 Å². The third-order valence-corrected chi connectivity index (χ3v) is 3.75. The Hall–Kier alpha value is -3.61. The molecule has 0 aliphatic rings. The second-order valence-corrected chi connectivity index (χ2v) is 5.38. The van der Waals surface area contributed by atoms with Crippen molar-refractivity contribution < 1.29 is 14.3 Å². The molecule has 26 heavy (non-hydrogen) atoms. The Kier molecular flexibility index (Phi) is 4.98. The maximum Gasteiger partial charge on any atom is 0.264 e. The van der Waals surface area contributed by atoms with Crippen LogP contribution in [0.5, 0.6) is 11.5 Å². The lowest BCUT2D eigenvalue weighted by molar-refractivity contribution is 0.102. The van der Waals surface area contributed by atoms with E-state index in [0.717, 1.165) is 5.56 Å². The zero-order chi connectivity index (χ0) is 18.5. The number of hydrogen-bond donors (Lipinski definition) is 2. The minimum Gasteiger partial charge on any atom is -0.496 e. The lowest BCUT2D eigenvalue weighted by Gasteiger charge is -2.13. The summed E-state index contributed by atoms with van der Waals surface area (Å²) in [5.41, 5.74) is 1.96. The second kappa shape index (κ2) is 7.52. The predicted octanol–water partition coefficient (Wildman–Crippen LogP) is 2.71. The van der Waals surface area contributed by atoms with Crippen LogP contribution in [-0.4, -0.2) is 30.3 Å². The highest BCUT2D eigenvalue weighted by molar-refractivity contribution is 6.08. The summed E-state index contributed by atoms with van der Waals surface area (Å²) in [7, 11) is 2.99. The minimum atomic E-state index is -0.356. The molecule has 7 nitrogen and oxygen atoms in total. The van der Waals surface area contributed by atoms with Crippen molar-refractivity contribution in [1.29, 1.82) is 0 Å². The third-order valence-electron chi connectivity index (χ3n) is 3.75. The Morgan fingerprint density at radius 3 is 2.31 bits per heavy atom. The number of methoxy groups -OCH3 is 2. The lowest BCUT2D eigenvalue weighted by atomic mass is 10.1. The molecule has 0 saturated carbocycles. The molecule has 1 amide bonds. The molecule has 0 bridgehead atoms. The van der Waals surface area contributed by atoms with Crippen LogP contribution in [0.15, 0.2) is 59.4 Å². The Labute approximate surface area is 149 Å². The molecule has 1 aromatic heterocycles. The van der Waals surface area contributed by atoms with Gasteiger partial charge in [0.25, 0.3) is 11.5 Å². The average Bonchev–Trinajstić information content (AvgIpc) is 2.68. The Balaban J connectivity index is 1.90. The molecular weight excluding hydrogens is 334 g/mol. The van der Waals surface area contributed by atoms with Gasteiger partial charge in [0, 0.05) is 17.3 Å². The quantitative estimate of drug-likeness (QED) is 0.737. The van der Waals surface area contributed by atoms with E-state index < -0.39 is 0 Å². The van der Waals surface area contributed by atoms with E-state index in [2.05, 4.69) is 15.5 Å². The fourth-order valence-electron chi connectivity index (χ4n) is 2.53. The number of anilines is 1. The van der Waals surface area contributed by atoms with Crippen molar-refractivity contribution in [2.45, 2.75) is 0 Å². The van der Waals surface area contributed by atoms with Crippen LogP contribution in [0.4, 0.5) is 5.69 Å². The first-order valence-corrected chi connectivity index (χ1v) is 7.81. The van der Waals surface area contributed by atoms with Crippen molar-refractivity contribution in [1.82, 2.24) is 10.2 Å². The first-order valence-electron chi connectivity index (χ1n) is 7.81. The first kappa shape index (κ1) is 17.2. The number of benzene rings is 2. The number of hydrogen-bond acceptors (Lipinski definition) is 5. The van der Waals surface area contributed by atoms with Crippen LogP contribution in [0.2, 0.25) is 0 Å². The van der Waals surface area contributed by atoms with Crippen molar-refractivity contribution in [3.8, 4) is 22.8 Å². The van der Waals surface area contributed by atoms with Gasteiger partial charge >= 0.3 is 0 Å². The van der Waals surface area contributed by atoms with Crippen LogP contribution in [0, 0.1) is 0 Å². The number of rotatable bonds is 5. The van der Waals surface area contributed by atoms with Gasteiger partial charge in [0.05, 0.1) is 19.9 Å². The van der Waals surface area contributed by atoms with Crippen LogP contribution in [0.1, 0.15) is 10.4 Å². The zero-order valence-electron chi connectivity index (χ0n) is 14.3. The highest BCUT2D eigenvalue weighted by atomic mass is 16.5. The summed E-state index contributed by atoms with van der Waals surface area (Å²) in [5.74, 6) is 0.478. The number of nitrogens with zero attached hydrogens (tertiary/aromatic N) is 1. The number of H-pyrrole nitrogens is 1. The van der Waals surface area contributed by atoms with E-state index in [-0.39, 0.29) is 11.5 Å². The van der Waals surface area contributed by atoms with Crippen LogP contribution in [0.3, 0.4) is 0 Å². The lowest BCUT2D eigenvalue weighted by Crippen LogP contribution is -2.14. The SMILES string of the molecule is COc1cccc(OC)c1C(=O)Nc1cccc(-c2ccc(=O)[nH]n2)c1. The van der Waals surface area contributed by atoms with Crippen LogP contribution < -0.4 is 20.3 Å². The van der Waals surface area contributed by atoms with E-state index >= 15 is 0 Å². The molecule has 0 spiro atoms. The Bertz CT molecular complexity index is 955. The number of carbonyl (C=O) groups excluding carboxylic acids is 1. The molecule has 2 N–H and O–H groups in total. The van der Waals surface area contributed by atoms with E-state index in [1.165, 1.54) is 20.3 Å². The molecule has 2 aromatic carbocycles. The molecule has 7 heteroatoms. The van der Waals surface area contributed by atoms with Crippen molar-refractivity contribution in [2.24, 2.45) is 0 Å². The normalized spacial score (nSPS) is 10.2. The van der Waals surface area contributed by atoms with Crippen LogP contribution in [0.25, 0.3) is 11.3 Å². The van der Waals surface area contributed by atoms with Crippen LogP contribution in [-0.2, 0) is 0 Å². The number of aromatic nitrogens is 2. The van der Waals surface area contributed by atoms with Gasteiger partial charge in [-0.25, -0.2) is 5.10 Å². The average molecular weight is 351 g/mol. The highest BCUT2D eigenvalue weighted by Gasteiger charge is 2.18. The first-order chi connectivity index (χ1) is 12.6. The molecular formula is C19H17N3O4. The summed E-state index contributed by atoms with van der Waals surface area (Å²) in [6, 6.07) is 15.3. The minimum absolute atomic E-state index is 0.276. The maximum absolute atomic E-state index is 12.7. The number of amides is 1. The van der Waals surface area contributed by atoms with Crippen molar-refractivity contribution in [2.75, 3.05) is 19.5 Å². The topological polar surface area (TPSA) is 93.3 Å². The van der Waals surface area contributed by atoms with E-state index in [1.807, 2.05) is 6.07 Å². The number of aromatic amines is 1. The van der Waals surface area contributed by atoms with Gasteiger partial charge in [0.1, 0.15) is 17.1 Å². The van der Waals surface area contributed by atoms with Gasteiger partial charge in [-0.05, 0) is 30.3 Å². The molecule has 0 aliphatic carbocycles. The van der Waals surface area contributed by atoms with Gasteiger partial charge in [-0.1, -0.05) is 18.2 Å². The van der Waals surface area contributed by atoms with Crippen molar-refractivity contribution >= 4 is 11.6 Å². The number of carbonyl (C=O) groups is 1. The molecule has 0 unspecified atom stereocenters. The monoisotopic (exact) mass is 351 g/mol. The van der Waals surface area contributed by atoms with E-state index in [9.17, 15) is 9.59 Å². The summed E-state index contributed by atoms with van der Waals surface area (Å²) >= 11 is 0. The molecule has 1 heterocycles. The molecule has 0 fully saturated rings. The van der Waals surface area contributed by atoms with Crippen molar-refractivity contribution in [3.63, 3.8) is 0 Å². The zero-order valence-corrected chi connectivity index (χ0v) is 14.3. The molecule has 0 aliphatic heterocycles. The fraction of sp³-hybridized carbons (Fsp3) is 0.105.